The summed E-state index contributed by atoms with van der Waals surface area (Å²) in [5, 5.41) is 2.65. The van der Waals surface area contributed by atoms with Gasteiger partial charge in [-0.1, -0.05) is 30.3 Å². The van der Waals surface area contributed by atoms with Crippen LogP contribution in [0, 0.1) is 0 Å². The molecule has 0 heterocycles. The van der Waals surface area contributed by atoms with Crippen molar-refractivity contribution in [1.82, 2.24) is 10.2 Å². The van der Waals surface area contributed by atoms with Crippen LogP contribution < -0.4 is 5.32 Å². The normalized spacial score (nSPS) is 20.3. The highest BCUT2D eigenvalue weighted by atomic mass is 16.6. The van der Waals surface area contributed by atoms with Crippen molar-refractivity contribution in [3.8, 4) is 0 Å². The van der Waals surface area contributed by atoms with Crippen molar-refractivity contribution in [1.29, 1.82) is 0 Å². The van der Waals surface area contributed by atoms with Crippen LogP contribution in [0.25, 0.3) is 0 Å². The molecule has 1 fully saturated rings. The smallest absolute Gasteiger partial charge is 0.407 e. The van der Waals surface area contributed by atoms with Gasteiger partial charge in [0, 0.05) is 26.1 Å². The third kappa shape index (κ3) is 6.36. The largest absolute Gasteiger partial charge is 0.444 e. The van der Waals surface area contributed by atoms with E-state index >= 15 is 0 Å². The van der Waals surface area contributed by atoms with Gasteiger partial charge in [0.25, 0.3) is 0 Å². The Hall–Kier alpha value is -2.04. The molecule has 144 valence electrons. The second-order valence-electron chi connectivity index (χ2n) is 8.10. The van der Waals surface area contributed by atoms with E-state index in [1.54, 1.807) is 0 Å². The van der Waals surface area contributed by atoms with Gasteiger partial charge in [0.1, 0.15) is 5.60 Å². The molecule has 2 rings (SSSR count). The van der Waals surface area contributed by atoms with Crippen LogP contribution in [0.5, 0.6) is 0 Å². The van der Waals surface area contributed by atoms with Gasteiger partial charge in [0.2, 0.25) is 5.91 Å². The quantitative estimate of drug-likeness (QED) is 0.860. The first-order valence-electron chi connectivity index (χ1n) is 9.53. The van der Waals surface area contributed by atoms with Gasteiger partial charge in [0.15, 0.2) is 0 Å². The molecule has 5 heteroatoms. The van der Waals surface area contributed by atoms with E-state index in [2.05, 4.69) is 29.6 Å². The number of nitrogens with one attached hydrogen (secondary N) is 1. The van der Waals surface area contributed by atoms with Crippen LogP contribution in [0.1, 0.15) is 64.4 Å². The molecule has 5 nitrogen and oxygen atoms in total. The third-order valence-electron chi connectivity index (χ3n) is 4.92. The van der Waals surface area contributed by atoms with E-state index < -0.39 is 11.7 Å². The molecule has 0 aromatic heterocycles. The number of carbonyl (C=O) groups excluding carboxylic acids is 2. The van der Waals surface area contributed by atoms with Crippen LogP contribution in [0.2, 0.25) is 0 Å². The Morgan fingerprint density at radius 3 is 2.31 bits per heavy atom. The number of ether oxygens (including phenoxy) is 1. The van der Waals surface area contributed by atoms with E-state index in [4.69, 9.17) is 4.74 Å². The molecule has 1 aromatic carbocycles. The summed E-state index contributed by atoms with van der Waals surface area (Å²) in [5.74, 6) is 0.675. The Kier molecular flexibility index (Phi) is 7.06. The predicted octanol–water partition coefficient (Wildman–Crippen LogP) is 4.09. The van der Waals surface area contributed by atoms with Crippen molar-refractivity contribution >= 4 is 12.0 Å². The average Bonchev–Trinajstić information content (AvgIpc) is 2.60. The average molecular weight is 360 g/mol. The molecule has 1 aliphatic rings. The van der Waals surface area contributed by atoms with E-state index in [1.807, 2.05) is 38.8 Å². The Morgan fingerprint density at radius 2 is 1.73 bits per heavy atom. The summed E-state index contributed by atoms with van der Waals surface area (Å²) < 4.78 is 5.18. The van der Waals surface area contributed by atoms with Gasteiger partial charge >= 0.3 is 6.09 Å². The van der Waals surface area contributed by atoms with Crippen LogP contribution in [0.3, 0.4) is 0 Å². The minimum absolute atomic E-state index is 0.0734. The molecule has 1 aliphatic carbocycles. The molecule has 2 amide bonds. The maximum Gasteiger partial charge on any atom is 0.407 e. The zero-order chi connectivity index (χ0) is 19.2. The number of hydrogen-bond donors (Lipinski definition) is 1. The second-order valence-corrected chi connectivity index (χ2v) is 8.10. The molecule has 1 aromatic rings. The highest BCUT2D eigenvalue weighted by Crippen LogP contribution is 2.34. The summed E-state index contributed by atoms with van der Waals surface area (Å²) in [6.07, 6.45) is 4.11. The number of alkyl carbamates (subject to hydrolysis) is 1. The van der Waals surface area contributed by atoms with Gasteiger partial charge in [-0.05, 0) is 57.9 Å². The maximum absolute atomic E-state index is 12.4. The molecule has 0 unspecified atom stereocenters. The lowest BCUT2D eigenvalue weighted by Gasteiger charge is -2.35. The molecular weight excluding hydrogens is 328 g/mol. The van der Waals surface area contributed by atoms with Gasteiger partial charge in [0.05, 0.1) is 0 Å². The van der Waals surface area contributed by atoms with Crippen molar-refractivity contribution in [2.24, 2.45) is 0 Å². The van der Waals surface area contributed by atoms with E-state index in [1.165, 1.54) is 5.56 Å². The summed E-state index contributed by atoms with van der Waals surface area (Å²) in [6, 6.07) is 10.9. The molecule has 0 radical (unpaired) electrons. The van der Waals surface area contributed by atoms with Gasteiger partial charge in [-0.2, -0.15) is 0 Å². The van der Waals surface area contributed by atoms with Crippen molar-refractivity contribution in [3.63, 3.8) is 0 Å². The highest BCUT2D eigenvalue weighted by molar-refractivity contribution is 5.77. The van der Waals surface area contributed by atoms with Crippen LogP contribution in [-0.2, 0) is 9.53 Å². The number of amides is 2. The van der Waals surface area contributed by atoms with Gasteiger partial charge in [-0.3, -0.25) is 4.79 Å². The summed E-state index contributed by atoms with van der Waals surface area (Å²) >= 11 is 0. The number of hydrogen-bond acceptors (Lipinski definition) is 3. The first kappa shape index (κ1) is 20.3. The van der Waals surface area contributed by atoms with Gasteiger partial charge in [-0.25, -0.2) is 4.79 Å². The maximum atomic E-state index is 12.4. The lowest BCUT2D eigenvalue weighted by atomic mass is 9.81. The number of nitrogens with zero attached hydrogens (tertiary/aromatic N) is 1. The molecule has 1 saturated carbocycles. The standard InChI is InChI=1S/C21H32N2O3/c1-21(2,3)26-20(25)22-15-14-19(24)23(4)18-12-10-17(11-13-18)16-8-6-5-7-9-16/h5-9,17-18H,10-15H2,1-4H3,(H,22,25). The van der Waals surface area contributed by atoms with E-state index in [0.717, 1.165) is 25.7 Å². The molecule has 0 spiro atoms. The van der Waals surface area contributed by atoms with Crippen LogP contribution in [0.15, 0.2) is 30.3 Å². The molecular formula is C21H32N2O3. The van der Waals surface area contributed by atoms with Crippen molar-refractivity contribution in [2.45, 2.75) is 70.4 Å². The first-order valence-corrected chi connectivity index (χ1v) is 9.53. The summed E-state index contributed by atoms with van der Waals surface area (Å²) in [7, 11) is 1.88. The third-order valence-corrected chi connectivity index (χ3v) is 4.92. The fraction of sp³-hybridized carbons (Fsp3) is 0.619. The SMILES string of the molecule is CN(C(=O)CCNC(=O)OC(C)(C)C)C1CCC(c2ccccc2)CC1. The summed E-state index contributed by atoms with van der Waals surface area (Å²) in [5.41, 5.74) is 0.879. The van der Waals surface area contributed by atoms with Gasteiger partial charge < -0.3 is 15.0 Å². The molecule has 1 N–H and O–H groups in total. The Balaban J connectivity index is 1.71. The minimum Gasteiger partial charge on any atom is -0.444 e. The van der Waals surface area contributed by atoms with Crippen LogP contribution in [0.4, 0.5) is 4.79 Å². The van der Waals surface area contributed by atoms with E-state index in [0.29, 0.717) is 24.9 Å². The topological polar surface area (TPSA) is 58.6 Å². The summed E-state index contributed by atoms with van der Waals surface area (Å²) in [6.45, 7) is 5.75. The number of benzene rings is 1. The Morgan fingerprint density at radius 1 is 1.12 bits per heavy atom. The van der Waals surface area contributed by atoms with E-state index in [-0.39, 0.29) is 5.91 Å². The molecule has 26 heavy (non-hydrogen) atoms. The zero-order valence-electron chi connectivity index (χ0n) is 16.5. The highest BCUT2D eigenvalue weighted by Gasteiger charge is 2.27. The fourth-order valence-electron chi connectivity index (χ4n) is 3.49. The minimum atomic E-state index is -0.526. The predicted molar refractivity (Wildman–Crippen MR) is 103 cm³/mol. The van der Waals surface area contributed by atoms with Crippen molar-refractivity contribution < 1.29 is 14.3 Å². The first-order chi connectivity index (χ1) is 12.3. The lowest BCUT2D eigenvalue weighted by Crippen LogP contribution is -2.41. The molecule has 0 saturated heterocycles. The van der Waals surface area contributed by atoms with Gasteiger partial charge in [-0.15, -0.1) is 0 Å². The zero-order valence-corrected chi connectivity index (χ0v) is 16.5. The van der Waals surface area contributed by atoms with E-state index in [9.17, 15) is 9.59 Å². The Bertz CT molecular complexity index is 587. The molecule has 0 aliphatic heterocycles. The van der Waals surface area contributed by atoms with Crippen LogP contribution in [-0.4, -0.2) is 42.1 Å². The molecule has 0 bridgehead atoms. The number of rotatable bonds is 5. The lowest BCUT2D eigenvalue weighted by molar-refractivity contribution is -0.132. The van der Waals surface area contributed by atoms with Crippen LogP contribution >= 0.6 is 0 Å². The fourth-order valence-corrected chi connectivity index (χ4v) is 3.49. The second kappa shape index (κ2) is 9.06. The molecule has 0 atom stereocenters. The van der Waals surface area contributed by atoms with Crippen molar-refractivity contribution in [2.75, 3.05) is 13.6 Å². The van der Waals surface area contributed by atoms with Crippen molar-refractivity contribution in [3.05, 3.63) is 35.9 Å². The summed E-state index contributed by atoms with van der Waals surface area (Å²) in [4.78, 5) is 25.9. The number of carbonyl (C=O) groups is 2. The Labute approximate surface area is 157 Å². The monoisotopic (exact) mass is 360 g/mol.